The van der Waals surface area contributed by atoms with Crippen LogP contribution in [0.3, 0.4) is 0 Å². The number of aliphatic hydroxyl groups is 2. The molecule has 1 aliphatic heterocycles. The van der Waals surface area contributed by atoms with Crippen molar-refractivity contribution in [3.63, 3.8) is 0 Å². The molecule has 0 aliphatic carbocycles. The molecule has 2 heterocycles. The van der Waals surface area contributed by atoms with E-state index in [0.717, 1.165) is 5.69 Å². The van der Waals surface area contributed by atoms with Gasteiger partial charge in [-0.25, -0.2) is 14.3 Å². The molecule has 0 spiro atoms. The number of amides is 4. The van der Waals surface area contributed by atoms with Crippen molar-refractivity contribution in [2.75, 3.05) is 6.54 Å². The molecule has 3 rings (SSSR count). The predicted octanol–water partition coefficient (Wildman–Crippen LogP) is 3.44. The summed E-state index contributed by atoms with van der Waals surface area (Å²) < 4.78 is 41.2. The summed E-state index contributed by atoms with van der Waals surface area (Å²) in [6, 6.07) is 4.09. The van der Waals surface area contributed by atoms with E-state index < -0.39 is 64.3 Å². The van der Waals surface area contributed by atoms with E-state index in [1.807, 2.05) is 30.3 Å². The van der Waals surface area contributed by atoms with E-state index in [-0.39, 0.29) is 12.1 Å². The number of nitrogens with zero attached hydrogens (tertiary/aromatic N) is 3. The van der Waals surface area contributed by atoms with Crippen molar-refractivity contribution >= 4 is 17.8 Å². The molecule has 41 heavy (non-hydrogen) atoms. The van der Waals surface area contributed by atoms with Crippen molar-refractivity contribution in [2.45, 2.75) is 84.5 Å². The highest BCUT2D eigenvalue weighted by atomic mass is 19.4. The lowest BCUT2D eigenvalue weighted by Gasteiger charge is -2.40. The summed E-state index contributed by atoms with van der Waals surface area (Å²) in [5, 5.41) is 29.1. The van der Waals surface area contributed by atoms with Gasteiger partial charge in [0.25, 0.3) is 11.7 Å². The molecule has 1 fully saturated rings. The van der Waals surface area contributed by atoms with E-state index in [2.05, 4.69) is 15.7 Å². The minimum absolute atomic E-state index is 0.0173. The number of hydrogen-bond donors (Lipinski definition) is 4. The predicted molar refractivity (Wildman–Crippen MR) is 144 cm³/mol. The number of para-hydroxylation sites is 1. The molecule has 4 N–H and O–H groups in total. The van der Waals surface area contributed by atoms with Gasteiger partial charge in [-0.2, -0.15) is 22.8 Å². The number of likely N-dealkylation sites (tertiary alicyclic amines) is 1. The van der Waals surface area contributed by atoms with Gasteiger partial charge in [-0.1, -0.05) is 45.9 Å². The number of carbonyl (C=O) groups excluding carboxylic acids is 3. The second-order valence-electron chi connectivity index (χ2n) is 11.4. The maximum absolute atomic E-state index is 14.2. The van der Waals surface area contributed by atoms with Crippen LogP contribution in [-0.2, 0) is 4.79 Å². The summed E-state index contributed by atoms with van der Waals surface area (Å²) in [6.07, 6.45) is -3.23. The average molecular weight is 583 g/mol. The summed E-state index contributed by atoms with van der Waals surface area (Å²) >= 11 is 0. The summed E-state index contributed by atoms with van der Waals surface area (Å²) in [4.78, 5) is 41.3. The SMILES string of the molecule is Cc1c(C(=O)N[C@H](C(=O)[N+]2(C(=O)NC(C(C)C)C(O)(O)C(F)(F)F)CCC[C@H]2C)C(C)C)cnn1-c1ccccc1. The fourth-order valence-corrected chi connectivity index (χ4v) is 5.41. The highest BCUT2D eigenvalue weighted by Crippen LogP contribution is 2.35. The Bertz CT molecular complexity index is 1260. The van der Waals surface area contributed by atoms with Gasteiger partial charge in [0.2, 0.25) is 0 Å². The van der Waals surface area contributed by atoms with Gasteiger partial charge in [-0.05, 0) is 37.8 Å². The van der Waals surface area contributed by atoms with Crippen molar-refractivity contribution in [1.82, 2.24) is 20.4 Å². The fourth-order valence-electron chi connectivity index (χ4n) is 5.41. The Morgan fingerprint density at radius 2 is 1.66 bits per heavy atom. The van der Waals surface area contributed by atoms with Crippen LogP contribution in [-0.4, -0.2) is 79.0 Å². The standard InChI is InChI=1S/C28H38F3N5O5/c1-16(2)22(33-24(37)21-15-32-35(19(21)6)20-12-8-7-9-13-20)25(38)36(14-10-11-18(36)5)26(39)34-23(17(3)4)27(40,41)28(29,30)31/h7-9,12-13,15-18,22-23,40-41H,10-11,14H2,1-6H3,(H-,33,34,37,39)/p+1/t18-,22+,23?,36?/m1/s1. The maximum Gasteiger partial charge on any atom is 0.445 e. The van der Waals surface area contributed by atoms with Gasteiger partial charge in [-0.3, -0.25) is 10.1 Å². The highest BCUT2D eigenvalue weighted by Gasteiger charge is 2.62. The molecule has 0 radical (unpaired) electrons. The number of hydrogen-bond acceptors (Lipinski definition) is 6. The third-order valence-corrected chi connectivity index (χ3v) is 7.91. The lowest BCUT2D eigenvalue weighted by molar-refractivity contribution is -0.786. The Hall–Kier alpha value is -3.29. The Morgan fingerprint density at radius 1 is 1.05 bits per heavy atom. The minimum atomic E-state index is -5.46. The zero-order valence-electron chi connectivity index (χ0n) is 24.1. The van der Waals surface area contributed by atoms with Gasteiger partial charge >= 0.3 is 18.1 Å². The highest BCUT2D eigenvalue weighted by molar-refractivity contribution is 5.98. The third-order valence-electron chi connectivity index (χ3n) is 7.91. The van der Waals surface area contributed by atoms with Crippen LogP contribution in [0.2, 0.25) is 0 Å². The number of alkyl halides is 3. The number of imide groups is 1. The molecule has 4 amide bonds. The van der Waals surface area contributed by atoms with Crippen LogP contribution in [0.1, 0.15) is 63.5 Å². The van der Waals surface area contributed by atoms with E-state index in [0.29, 0.717) is 18.5 Å². The molecule has 226 valence electrons. The van der Waals surface area contributed by atoms with E-state index in [4.69, 9.17) is 0 Å². The van der Waals surface area contributed by atoms with Crippen LogP contribution >= 0.6 is 0 Å². The summed E-state index contributed by atoms with van der Waals surface area (Å²) in [5.74, 6) is -7.05. The number of rotatable bonds is 8. The van der Waals surface area contributed by atoms with Gasteiger partial charge in [0.1, 0.15) is 12.1 Å². The molecule has 0 bridgehead atoms. The first kappa shape index (κ1) is 32.2. The number of quaternary nitrogens is 1. The van der Waals surface area contributed by atoms with Crippen molar-refractivity contribution in [1.29, 1.82) is 0 Å². The number of benzene rings is 1. The van der Waals surface area contributed by atoms with Crippen molar-refractivity contribution in [2.24, 2.45) is 11.8 Å². The lowest BCUT2D eigenvalue weighted by atomic mass is 9.94. The first-order valence-corrected chi connectivity index (χ1v) is 13.6. The normalized spacial score (nSPS) is 21.1. The number of carbonyl (C=O) groups is 3. The lowest BCUT2D eigenvalue weighted by Crippen LogP contribution is -2.72. The second-order valence-corrected chi connectivity index (χ2v) is 11.4. The monoisotopic (exact) mass is 582 g/mol. The van der Waals surface area contributed by atoms with Crippen LogP contribution in [0.5, 0.6) is 0 Å². The van der Waals surface area contributed by atoms with Gasteiger partial charge in [0, 0.05) is 12.8 Å². The number of aromatic nitrogens is 2. The molecular weight excluding hydrogens is 543 g/mol. The topological polar surface area (TPSA) is 134 Å². The Morgan fingerprint density at radius 3 is 2.15 bits per heavy atom. The fraction of sp³-hybridized carbons (Fsp3) is 0.571. The van der Waals surface area contributed by atoms with Crippen molar-refractivity contribution in [3.8, 4) is 5.69 Å². The number of nitrogens with one attached hydrogen (secondary N) is 2. The van der Waals surface area contributed by atoms with Crippen LogP contribution < -0.4 is 10.6 Å². The molecule has 2 unspecified atom stereocenters. The molecule has 13 heteroatoms. The van der Waals surface area contributed by atoms with Gasteiger partial charge < -0.3 is 15.5 Å². The molecule has 4 atom stereocenters. The minimum Gasteiger partial charge on any atom is -0.357 e. The van der Waals surface area contributed by atoms with E-state index in [1.165, 1.54) is 20.0 Å². The van der Waals surface area contributed by atoms with Crippen molar-refractivity contribution in [3.05, 3.63) is 47.8 Å². The van der Waals surface area contributed by atoms with Crippen LogP contribution in [0.15, 0.2) is 36.5 Å². The average Bonchev–Trinajstić information content (AvgIpc) is 3.47. The van der Waals surface area contributed by atoms with Crippen LogP contribution in [0, 0.1) is 18.8 Å². The summed E-state index contributed by atoms with van der Waals surface area (Å²) in [5.41, 5.74) is 1.47. The first-order chi connectivity index (χ1) is 19.0. The smallest absolute Gasteiger partial charge is 0.357 e. The number of urea groups is 1. The van der Waals surface area contributed by atoms with E-state index >= 15 is 0 Å². The zero-order chi connectivity index (χ0) is 30.9. The van der Waals surface area contributed by atoms with Crippen LogP contribution in [0.25, 0.3) is 5.69 Å². The third kappa shape index (κ3) is 6.02. The Balaban J connectivity index is 1.94. The van der Waals surface area contributed by atoms with Crippen LogP contribution in [0.4, 0.5) is 18.0 Å². The van der Waals surface area contributed by atoms with Gasteiger partial charge in [-0.15, -0.1) is 0 Å². The quantitative estimate of drug-likeness (QED) is 0.279. The largest absolute Gasteiger partial charge is 0.445 e. The summed E-state index contributed by atoms with van der Waals surface area (Å²) in [6.45, 7) is 9.29. The second kappa shape index (κ2) is 11.9. The van der Waals surface area contributed by atoms with Gasteiger partial charge in [0.15, 0.2) is 0 Å². The Kier molecular flexibility index (Phi) is 9.36. The molecule has 10 nitrogen and oxygen atoms in total. The molecular formula is C28H39F3N5O5+. The van der Waals surface area contributed by atoms with E-state index in [1.54, 1.807) is 32.4 Å². The van der Waals surface area contributed by atoms with Gasteiger partial charge in [0.05, 0.1) is 35.7 Å². The molecule has 1 saturated heterocycles. The number of halogens is 3. The van der Waals surface area contributed by atoms with E-state index in [9.17, 15) is 37.8 Å². The van der Waals surface area contributed by atoms with Crippen molar-refractivity contribution < 1.29 is 42.3 Å². The molecule has 1 aromatic heterocycles. The molecule has 2 aromatic rings. The molecule has 1 aliphatic rings. The molecule has 0 saturated carbocycles. The Labute approximate surface area is 237 Å². The first-order valence-electron chi connectivity index (χ1n) is 13.6. The molecule has 1 aromatic carbocycles. The summed E-state index contributed by atoms with van der Waals surface area (Å²) in [7, 11) is 0. The maximum atomic E-state index is 14.2. The zero-order valence-corrected chi connectivity index (χ0v) is 24.1.